The fourth-order valence-electron chi connectivity index (χ4n) is 3.73. The average molecular weight is 459 g/mol. The van der Waals surface area contributed by atoms with Crippen LogP contribution in [0.1, 0.15) is 53.7 Å². The average Bonchev–Trinajstić information content (AvgIpc) is 2.82. The second-order valence-corrected chi connectivity index (χ2v) is 10.0. The van der Waals surface area contributed by atoms with Crippen molar-refractivity contribution in [3.05, 3.63) is 65.2 Å². The SMILES string of the molecule is Cc1ccc(C(=O)OCC(=O)N(C)C(C)c2ccccc2)cc1S(=O)(=O)N1CCCCC1. The molecular formula is C24H30N2O5S. The van der Waals surface area contributed by atoms with E-state index in [-0.39, 0.29) is 22.4 Å². The molecule has 2 aromatic rings. The third kappa shape index (κ3) is 5.37. The molecule has 0 bridgehead atoms. The minimum Gasteiger partial charge on any atom is -0.452 e. The van der Waals surface area contributed by atoms with Gasteiger partial charge in [0.1, 0.15) is 0 Å². The molecule has 1 aliphatic rings. The van der Waals surface area contributed by atoms with Crippen LogP contribution in [0.15, 0.2) is 53.4 Å². The number of amides is 1. The molecule has 8 heteroatoms. The molecule has 1 aliphatic heterocycles. The van der Waals surface area contributed by atoms with Crippen molar-refractivity contribution < 1.29 is 22.7 Å². The Hall–Kier alpha value is -2.71. The molecule has 32 heavy (non-hydrogen) atoms. The van der Waals surface area contributed by atoms with E-state index in [1.165, 1.54) is 21.3 Å². The number of piperidine rings is 1. The van der Waals surface area contributed by atoms with Crippen LogP contribution in [0.2, 0.25) is 0 Å². The molecule has 1 saturated heterocycles. The van der Waals surface area contributed by atoms with E-state index in [0.717, 1.165) is 24.8 Å². The van der Waals surface area contributed by atoms with Gasteiger partial charge in [-0.2, -0.15) is 4.31 Å². The number of ether oxygens (including phenoxy) is 1. The number of nitrogens with zero attached hydrogens (tertiary/aromatic N) is 2. The van der Waals surface area contributed by atoms with Crippen molar-refractivity contribution >= 4 is 21.9 Å². The molecule has 0 N–H and O–H groups in total. The molecule has 1 amide bonds. The van der Waals surface area contributed by atoms with Gasteiger partial charge in [0.25, 0.3) is 5.91 Å². The van der Waals surface area contributed by atoms with Gasteiger partial charge >= 0.3 is 5.97 Å². The van der Waals surface area contributed by atoms with E-state index in [2.05, 4.69) is 0 Å². The first kappa shape index (κ1) is 23.9. The second-order valence-electron chi connectivity index (χ2n) is 8.11. The van der Waals surface area contributed by atoms with Gasteiger partial charge in [-0.1, -0.05) is 42.8 Å². The lowest BCUT2D eigenvalue weighted by molar-refractivity contribution is -0.135. The molecule has 0 aromatic heterocycles. The maximum absolute atomic E-state index is 13.1. The number of sulfonamides is 1. The van der Waals surface area contributed by atoms with Gasteiger partial charge in [-0.15, -0.1) is 0 Å². The molecule has 0 radical (unpaired) electrons. The Balaban J connectivity index is 1.68. The Morgan fingerprint density at radius 1 is 1.06 bits per heavy atom. The molecule has 0 saturated carbocycles. The van der Waals surface area contributed by atoms with Crippen LogP contribution in [-0.2, 0) is 19.6 Å². The molecule has 1 heterocycles. The highest BCUT2D eigenvalue weighted by atomic mass is 32.2. The maximum Gasteiger partial charge on any atom is 0.338 e. The first-order valence-corrected chi connectivity index (χ1v) is 12.2. The van der Waals surface area contributed by atoms with E-state index in [1.807, 2.05) is 37.3 Å². The summed E-state index contributed by atoms with van der Waals surface area (Å²) in [6.07, 6.45) is 2.68. The molecule has 0 spiro atoms. The highest BCUT2D eigenvalue weighted by Gasteiger charge is 2.28. The number of esters is 1. The zero-order valence-electron chi connectivity index (χ0n) is 18.8. The number of carbonyl (C=O) groups excluding carboxylic acids is 2. The fourth-order valence-corrected chi connectivity index (χ4v) is 5.50. The van der Waals surface area contributed by atoms with Gasteiger partial charge in [0.15, 0.2) is 6.61 Å². The number of hydrogen-bond acceptors (Lipinski definition) is 5. The van der Waals surface area contributed by atoms with Crippen molar-refractivity contribution in [3.63, 3.8) is 0 Å². The van der Waals surface area contributed by atoms with Gasteiger partial charge in [-0.05, 0) is 49.9 Å². The van der Waals surface area contributed by atoms with Crippen LogP contribution in [0.25, 0.3) is 0 Å². The molecule has 1 atom stereocenters. The quantitative estimate of drug-likeness (QED) is 0.593. The molecule has 0 aliphatic carbocycles. The van der Waals surface area contributed by atoms with Gasteiger partial charge < -0.3 is 9.64 Å². The second kappa shape index (κ2) is 10.3. The fraction of sp³-hybridized carbons (Fsp3) is 0.417. The lowest BCUT2D eigenvalue weighted by atomic mass is 10.1. The minimum absolute atomic E-state index is 0.106. The van der Waals surface area contributed by atoms with Gasteiger partial charge in [-0.25, -0.2) is 13.2 Å². The van der Waals surface area contributed by atoms with E-state index in [0.29, 0.717) is 18.7 Å². The molecular weight excluding hydrogens is 428 g/mol. The summed E-state index contributed by atoms with van der Waals surface area (Å²) in [5, 5.41) is 0. The Morgan fingerprint density at radius 2 is 1.72 bits per heavy atom. The van der Waals surface area contributed by atoms with Crippen molar-refractivity contribution in [2.24, 2.45) is 0 Å². The van der Waals surface area contributed by atoms with Crippen molar-refractivity contribution in [2.45, 2.75) is 44.0 Å². The molecule has 172 valence electrons. The summed E-state index contributed by atoms with van der Waals surface area (Å²) < 4.78 is 32.8. The summed E-state index contributed by atoms with van der Waals surface area (Å²) in [6, 6.07) is 13.8. The Morgan fingerprint density at radius 3 is 2.38 bits per heavy atom. The number of carbonyl (C=O) groups is 2. The summed E-state index contributed by atoms with van der Waals surface area (Å²) in [4.78, 5) is 26.7. The molecule has 2 aromatic carbocycles. The highest BCUT2D eigenvalue weighted by molar-refractivity contribution is 7.89. The van der Waals surface area contributed by atoms with E-state index in [1.54, 1.807) is 20.0 Å². The first-order chi connectivity index (χ1) is 15.2. The van der Waals surface area contributed by atoms with Gasteiger partial charge in [0.2, 0.25) is 10.0 Å². The minimum atomic E-state index is -3.68. The molecule has 1 unspecified atom stereocenters. The number of hydrogen-bond donors (Lipinski definition) is 0. The predicted octanol–water partition coefficient (Wildman–Crippen LogP) is 3.55. The van der Waals surface area contributed by atoms with Crippen LogP contribution in [0.4, 0.5) is 0 Å². The van der Waals surface area contributed by atoms with Gasteiger partial charge in [0, 0.05) is 20.1 Å². The Labute approximate surface area is 190 Å². The van der Waals surface area contributed by atoms with Crippen LogP contribution in [0.3, 0.4) is 0 Å². The predicted molar refractivity (Wildman–Crippen MR) is 122 cm³/mol. The normalized spacial score (nSPS) is 15.7. The van der Waals surface area contributed by atoms with E-state index in [4.69, 9.17) is 4.74 Å². The standard InChI is InChI=1S/C24H30N2O5S/c1-18-12-13-21(16-22(18)32(29,30)26-14-8-5-9-15-26)24(28)31-17-23(27)25(3)19(2)20-10-6-4-7-11-20/h4,6-7,10-13,16,19H,5,8-9,14-15,17H2,1-3H3. The maximum atomic E-state index is 13.1. The smallest absolute Gasteiger partial charge is 0.338 e. The van der Waals surface area contributed by atoms with Gasteiger partial charge in [0.05, 0.1) is 16.5 Å². The monoisotopic (exact) mass is 458 g/mol. The zero-order valence-corrected chi connectivity index (χ0v) is 19.6. The van der Waals surface area contributed by atoms with E-state index in [9.17, 15) is 18.0 Å². The summed E-state index contributed by atoms with van der Waals surface area (Å²) in [5.41, 5.74) is 1.65. The van der Waals surface area contributed by atoms with Crippen LogP contribution >= 0.6 is 0 Å². The van der Waals surface area contributed by atoms with Crippen molar-refractivity contribution in [2.75, 3.05) is 26.7 Å². The third-order valence-electron chi connectivity index (χ3n) is 5.94. The lowest BCUT2D eigenvalue weighted by Crippen LogP contribution is -2.36. The van der Waals surface area contributed by atoms with Crippen LogP contribution in [-0.4, -0.2) is 56.2 Å². The Kier molecular flexibility index (Phi) is 7.69. The zero-order chi connectivity index (χ0) is 23.3. The lowest BCUT2D eigenvalue weighted by Gasteiger charge is -2.26. The summed E-state index contributed by atoms with van der Waals surface area (Å²) >= 11 is 0. The van der Waals surface area contributed by atoms with Crippen molar-refractivity contribution in [1.29, 1.82) is 0 Å². The topological polar surface area (TPSA) is 84.0 Å². The van der Waals surface area contributed by atoms with Crippen LogP contribution in [0.5, 0.6) is 0 Å². The number of aryl methyl sites for hydroxylation is 1. The summed E-state index contributed by atoms with van der Waals surface area (Å²) in [7, 11) is -2.03. The summed E-state index contributed by atoms with van der Waals surface area (Å²) in [6.45, 7) is 4.14. The largest absolute Gasteiger partial charge is 0.452 e. The number of likely N-dealkylation sites (N-methyl/N-ethyl adjacent to an activating group) is 1. The Bertz CT molecular complexity index is 1060. The first-order valence-electron chi connectivity index (χ1n) is 10.8. The van der Waals surface area contributed by atoms with E-state index >= 15 is 0 Å². The molecule has 7 nitrogen and oxygen atoms in total. The number of rotatable bonds is 7. The van der Waals surface area contributed by atoms with E-state index < -0.39 is 22.6 Å². The van der Waals surface area contributed by atoms with Crippen LogP contribution in [0, 0.1) is 6.92 Å². The van der Waals surface area contributed by atoms with Crippen LogP contribution < -0.4 is 0 Å². The molecule has 3 rings (SSSR count). The highest BCUT2D eigenvalue weighted by Crippen LogP contribution is 2.25. The van der Waals surface area contributed by atoms with Crippen molar-refractivity contribution in [1.82, 2.24) is 9.21 Å². The molecule has 1 fully saturated rings. The van der Waals surface area contributed by atoms with Crippen molar-refractivity contribution in [3.8, 4) is 0 Å². The summed E-state index contributed by atoms with van der Waals surface area (Å²) in [5.74, 6) is -1.07. The number of benzene rings is 2. The third-order valence-corrected chi connectivity index (χ3v) is 7.98. The van der Waals surface area contributed by atoms with Gasteiger partial charge in [-0.3, -0.25) is 4.79 Å².